The zero-order valence-corrected chi connectivity index (χ0v) is 18.0. The predicted molar refractivity (Wildman–Crippen MR) is 112 cm³/mol. The van der Waals surface area contributed by atoms with Crippen LogP contribution in [-0.2, 0) is 20.0 Å². The van der Waals surface area contributed by atoms with Gasteiger partial charge in [0.1, 0.15) is 22.8 Å². The number of carbonyl (C=O) groups is 3. The van der Waals surface area contributed by atoms with E-state index >= 15 is 0 Å². The summed E-state index contributed by atoms with van der Waals surface area (Å²) in [6.07, 6.45) is -1.87. The van der Waals surface area contributed by atoms with E-state index in [4.69, 9.17) is 5.73 Å². The number of fused-ring (bicyclic) bond motifs is 3. The third kappa shape index (κ3) is 2.61. The molecule has 5 unspecified atom stereocenters. The van der Waals surface area contributed by atoms with E-state index in [1.165, 1.54) is 44.1 Å². The summed E-state index contributed by atoms with van der Waals surface area (Å²) in [6.45, 7) is 1.25. The molecule has 0 heterocycles. The minimum absolute atomic E-state index is 0.00664. The van der Waals surface area contributed by atoms with Gasteiger partial charge in [-0.15, -0.1) is 0 Å². The minimum atomic E-state index is -3.02. The quantitative estimate of drug-likeness (QED) is 0.257. The van der Waals surface area contributed by atoms with Gasteiger partial charge in [-0.25, -0.2) is 0 Å². The second kappa shape index (κ2) is 6.87. The van der Waals surface area contributed by atoms with E-state index in [9.17, 15) is 45.0 Å². The van der Waals surface area contributed by atoms with Crippen LogP contribution in [0.1, 0.15) is 18.1 Å². The first-order chi connectivity index (χ1) is 15.2. The predicted octanol–water partition coefficient (Wildman–Crippen LogP) is -1.40. The number of amides is 1. The number of rotatable bonds is 2. The van der Waals surface area contributed by atoms with Gasteiger partial charge < -0.3 is 36.4 Å². The zero-order valence-electron chi connectivity index (χ0n) is 18.0. The molecule has 0 saturated heterocycles. The van der Waals surface area contributed by atoms with Crippen LogP contribution in [0.4, 0.5) is 0 Å². The molecule has 1 fully saturated rings. The highest BCUT2D eigenvalue weighted by Gasteiger charge is 2.70. The number of ketones is 2. The standard InChI is InChI=1S/C22H24N2O9/c1-21(32)7-5-4-6-8(25)9(7)15(26)10-12(21)17(28)13-14(24(2)3)16(27)11(20(23)31)19(30)22(13,33)18(10)29/h4-6,12-14,17,25-26,28,30,32-33H,1-3H3,(H2,23,31)/t12?,13?,14-,17?,21?,22?/m1/s1. The maximum atomic E-state index is 13.7. The summed E-state index contributed by atoms with van der Waals surface area (Å²) in [5.41, 5.74) is -1.78. The van der Waals surface area contributed by atoms with Crippen molar-refractivity contribution in [1.82, 2.24) is 4.90 Å². The van der Waals surface area contributed by atoms with Gasteiger partial charge in [0, 0.05) is 0 Å². The highest BCUT2D eigenvalue weighted by atomic mass is 16.4. The maximum Gasteiger partial charge on any atom is 0.255 e. The van der Waals surface area contributed by atoms with Crippen LogP contribution in [0, 0.1) is 11.8 Å². The molecule has 176 valence electrons. The molecule has 0 bridgehead atoms. The Hall–Kier alpha value is -3.25. The van der Waals surface area contributed by atoms with E-state index < -0.39 is 81.1 Å². The molecule has 4 rings (SSSR count). The number of nitrogens with two attached hydrogens (primary N) is 1. The van der Waals surface area contributed by atoms with Crippen LogP contribution in [-0.4, -0.2) is 84.9 Å². The Bertz CT molecular complexity index is 1180. The molecular formula is C22H24N2O9. The second-order valence-corrected chi connectivity index (χ2v) is 9.06. The normalized spacial score (nSPS) is 36.0. The topological polar surface area (TPSA) is 202 Å². The molecule has 11 nitrogen and oxygen atoms in total. The fraction of sp³-hybridized carbons (Fsp3) is 0.409. The lowest BCUT2D eigenvalue weighted by atomic mass is 9.53. The number of carbonyl (C=O) groups excluding carboxylic acids is 3. The van der Waals surface area contributed by atoms with Crippen LogP contribution < -0.4 is 5.73 Å². The van der Waals surface area contributed by atoms with Crippen molar-refractivity contribution in [3.8, 4) is 5.75 Å². The summed E-state index contributed by atoms with van der Waals surface area (Å²) in [7, 11) is 2.80. The molecule has 3 aliphatic carbocycles. The van der Waals surface area contributed by atoms with Gasteiger partial charge >= 0.3 is 0 Å². The van der Waals surface area contributed by atoms with Gasteiger partial charge in [0.05, 0.1) is 40.7 Å². The first-order valence-corrected chi connectivity index (χ1v) is 10.1. The average Bonchev–Trinajstić information content (AvgIpc) is 2.70. The molecule has 6 atom stereocenters. The SMILES string of the molecule is CN(C)[C@H]1C(=O)C(C(N)=O)=C(O)C2(O)C(=O)C3=C(O)c4c(O)cccc4C(C)(O)C3C(O)C12. The summed E-state index contributed by atoms with van der Waals surface area (Å²) in [4.78, 5) is 39.9. The van der Waals surface area contributed by atoms with E-state index in [1.807, 2.05) is 0 Å². The van der Waals surface area contributed by atoms with Crippen LogP contribution >= 0.6 is 0 Å². The lowest BCUT2D eigenvalue weighted by Crippen LogP contribution is -2.71. The fourth-order valence-corrected chi connectivity index (χ4v) is 5.60. The number of phenolic OH excluding ortho intramolecular Hbond substituents is 1. The second-order valence-electron chi connectivity index (χ2n) is 9.06. The lowest BCUT2D eigenvalue weighted by Gasteiger charge is -2.55. The molecule has 1 saturated carbocycles. The molecule has 1 amide bonds. The molecule has 8 N–H and O–H groups in total. The van der Waals surface area contributed by atoms with Gasteiger partial charge in [-0.2, -0.15) is 0 Å². The van der Waals surface area contributed by atoms with Crippen LogP contribution in [0.3, 0.4) is 0 Å². The summed E-state index contributed by atoms with van der Waals surface area (Å²) >= 11 is 0. The Kier molecular flexibility index (Phi) is 4.78. The molecule has 0 radical (unpaired) electrons. The van der Waals surface area contributed by atoms with E-state index in [0.717, 1.165) is 0 Å². The Balaban J connectivity index is 2.11. The van der Waals surface area contributed by atoms with Crippen molar-refractivity contribution in [3.05, 3.63) is 46.2 Å². The Morgan fingerprint density at radius 2 is 1.73 bits per heavy atom. The Labute approximate surface area is 187 Å². The van der Waals surface area contributed by atoms with Crippen molar-refractivity contribution in [3.63, 3.8) is 0 Å². The number of nitrogens with zero attached hydrogens (tertiary/aromatic N) is 1. The number of phenols is 1. The van der Waals surface area contributed by atoms with E-state index in [2.05, 4.69) is 0 Å². The monoisotopic (exact) mass is 460 g/mol. The largest absolute Gasteiger partial charge is 0.508 e. The van der Waals surface area contributed by atoms with E-state index in [0.29, 0.717) is 0 Å². The van der Waals surface area contributed by atoms with Gasteiger partial charge in [0.25, 0.3) is 5.91 Å². The number of hydrogen-bond acceptors (Lipinski definition) is 10. The number of aliphatic hydroxyl groups excluding tert-OH is 3. The van der Waals surface area contributed by atoms with Gasteiger partial charge in [0.2, 0.25) is 5.78 Å². The molecule has 1 aromatic carbocycles. The Morgan fingerprint density at radius 3 is 2.27 bits per heavy atom. The average molecular weight is 460 g/mol. The van der Waals surface area contributed by atoms with E-state index in [1.54, 1.807) is 0 Å². The Morgan fingerprint density at radius 1 is 1.12 bits per heavy atom. The van der Waals surface area contributed by atoms with Crippen molar-refractivity contribution in [1.29, 1.82) is 0 Å². The summed E-state index contributed by atoms with van der Waals surface area (Å²) in [5, 5.41) is 66.3. The molecule has 0 spiro atoms. The van der Waals surface area contributed by atoms with Crippen LogP contribution in [0.2, 0.25) is 0 Å². The lowest BCUT2D eigenvalue weighted by molar-refractivity contribution is -0.181. The number of aromatic hydroxyl groups is 1. The van der Waals surface area contributed by atoms with Crippen LogP contribution in [0.15, 0.2) is 35.1 Å². The van der Waals surface area contributed by atoms with Crippen LogP contribution in [0.25, 0.3) is 5.76 Å². The highest BCUT2D eigenvalue weighted by molar-refractivity contribution is 6.24. The maximum absolute atomic E-state index is 13.7. The fourth-order valence-electron chi connectivity index (χ4n) is 5.60. The van der Waals surface area contributed by atoms with E-state index in [-0.39, 0.29) is 11.1 Å². The van der Waals surface area contributed by atoms with Gasteiger partial charge in [-0.1, -0.05) is 12.1 Å². The smallest absolute Gasteiger partial charge is 0.255 e. The van der Waals surface area contributed by atoms with Gasteiger partial charge in [-0.05, 0) is 32.6 Å². The number of Topliss-reactive ketones (excluding diaryl/α,β-unsaturated/α-hetero) is 2. The van der Waals surface area contributed by atoms with Crippen molar-refractivity contribution >= 4 is 23.2 Å². The third-order valence-electron chi connectivity index (χ3n) is 7.03. The number of primary amides is 1. The molecule has 1 aromatic rings. The minimum Gasteiger partial charge on any atom is -0.508 e. The van der Waals surface area contributed by atoms with Crippen molar-refractivity contribution in [2.75, 3.05) is 14.1 Å². The summed E-state index contributed by atoms with van der Waals surface area (Å²) in [5.74, 6) is -9.67. The molecular weight excluding hydrogens is 436 g/mol. The molecule has 0 aromatic heterocycles. The van der Waals surface area contributed by atoms with Gasteiger partial charge in [0.15, 0.2) is 11.4 Å². The number of likely N-dealkylation sites (N-methyl/N-ethyl adjacent to an activating group) is 1. The summed E-state index contributed by atoms with van der Waals surface area (Å²) < 4.78 is 0. The highest BCUT2D eigenvalue weighted by Crippen LogP contribution is 2.57. The number of hydrogen-bond donors (Lipinski definition) is 7. The van der Waals surface area contributed by atoms with Gasteiger partial charge in [-0.3, -0.25) is 19.3 Å². The van der Waals surface area contributed by atoms with Crippen molar-refractivity contribution in [2.45, 2.75) is 30.3 Å². The zero-order chi connectivity index (χ0) is 24.8. The third-order valence-corrected chi connectivity index (χ3v) is 7.03. The first-order valence-electron chi connectivity index (χ1n) is 10.1. The van der Waals surface area contributed by atoms with Crippen molar-refractivity contribution in [2.24, 2.45) is 17.6 Å². The number of aliphatic hydroxyl groups is 5. The van der Waals surface area contributed by atoms with Crippen LogP contribution in [0.5, 0.6) is 5.75 Å². The molecule has 33 heavy (non-hydrogen) atoms. The molecule has 0 aliphatic heterocycles. The molecule has 11 heteroatoms. The summed E-state index contributed by atoms with van der Waals surface area (Å²) in [6, 6.07) is 2.50. The first kappa shape index (κ1) is 22.9. The van der Waals surface area contributed by atoms with Crippen molar-refractivity contribution < 1.29 is 45.0 Å². The molecule has 3 aliphatic rings. The number of benzene rings is 1.